The van der Waals surface area contributed by atoms with Crippen LogP contribution in [0.4, 0.5) is 5.69 Å². The van der Waals surface area contributed by atoms with Crippen molar-refractivity contribution in [2.45, 2.75) is 12.1 Å². The molecule has 5 nitrogen and oxygen atoms in total. The highest BCUT2D eigenvalue weighted by molar-refractivity contribution is 7.99. The molecule has 0 saturated carbocycles. The summed E-state index contributed by atoms with van der Waals surface area (Å²) < 4.78 is 5.75. The third-order valence-corrected chi connectivity index (χ3v) is 4.91. The minimum absolute atomic E-state index is 0.117. The number of nitrogens with one attached hydrogen (secondary N) is 1. The van der Waals surface area contributed by atoms with E-state index in [1.807, 2.05) is 73.7 Å². The van der Waals surface area contributed by atoms with E-state index in [0.29, 0.717) is 11.1 Å². The van der Waals surface area contributed by atoms with Crippen LogP contribution in [-0.4, -0.2) is 21.9 Å². The molecule has 1 aromatic heterocycles. The molecule has 27 heavy (non-hydrogen) atoms. The van der Waals surface area contributed by atoms with Crippen LogP contribution in [0, 0.1) is 6.92 Å². The van der Waals surface area contributed by atoms with E-state index in [0.717, 1.165) is 27.6 Å². The SMILES string of the molecule is Cc1ccc(NC(=O)CSc2nnc(-c3cccc4ccccc34)o2)cc1. The van der Waals surface area contributed by atoms with Crippen molar-refractivity contribution in [2.75, 3.05) is 11.1 Å². The van der Waals surface area contributed by atoms with Crippen LogP contribution in [0.2, 0.25) is 0 Å². The highest BCUT2D eigenvalue weighted by Gasteiger charge is 2.13. The molecular formula is C21H17N3O2S. The number of anilines is 1. The predicted octanol–water partition coefficient (Wildman–Crippen LogP) is 4.93. The van der Waals surface area contributed by atoms with E-state index >= 15 is 0 Å². The van der Waals surface area contributed by atoms with Crippen LogP contribution in [0.1, 0.15) is 5.56 Å². The van der Waals surface area contributed by atoms with Crippen molar-refractivity contribution >= 4 is 34.1 Å². The summed E-state index contributed by atoms with van der Waals surface area (Å²) in [6.07, 6.45) is 0. The Morgan fingerprint density at radius 3 is 2.63 bits per heavy atom. The number of hydrogen-bond acceptors (Lipinski definition) is 5. The molecule has 4 aromatic rings. The largest absolute Gasteiger partial charge is 0.411 e. The first-order valence-corrected chi connectivity index (χ1v) is 9.48. The van der Waals surface area contributed by atoms with Gasteiger partial charge >= 0.3 is 0 Å². The minimum Gasteiger partial charge on any atom is -0.411 e. The smallest absolute Gasteiger partial charge is 0.277 e. The molecule has 1 amide bonds. The number of aromatic nitrogens is 2. The molecule has 0 spiro atoms. The molecule has 0 aliphatic heterocycles. The highest BCUT2D eigenvalue weighted by atomic mass is 32.2. The molecule has 0 aliphatic rings. The Morgan fingerprint density at radius 2 is 1.78 bits per heavy atom. The van der Waals surface area contributed by atoms with Crippen molar-refractivity contribution in [3.8, 4) is 11.5 Å². The normalized spacial score (nSPS) is 10.9. The first kappa shape index (κ1) is 17.3. The second kappa shape index (κ2) is 7.63. The van der Waals surface area contributed by atoms with Crippen molar-refractivity contribution in [3.05, 3.63) is 72.3 Å². The summed E-state index contributed by atoms with van der Waals surface area (Å²) >= 11 is 1.22. The summed E-state index contributed by atoms with van der Waals surface area (Å²) in [5.41, 5.74) is 2.80. The lowest BCUT2D eigenvalue weighted by Gasteiger charge is -2.04. The fourth-order valence-corrected chi connectivity index (χ4v) is 3.31. The molecular weight excluding hydrogens is 358 g/mol. The van der Waals surface area contributed by atoms with Gasteiger partial charge in [-0.05, 0) is 35.9 Å². The van der Waals surface area contributed by atoms with Crippen molar-refractivity contribution in [1.82, 2.24) is 10.2 Å². The molecule has 1 heterocycles. The number of carbonyl (C=O) groups is 1. The molecule has 1 N–H and O–H groups in total. The van der Waals surface area contributed by atoms with Gasteiger partial charge in [-0.25, -0.2) is 0 Å². The van der Waals surface area contributed by atoms with Gasteiger partial charge in [0.15, 0.2) is 0 Å². The van der Waals surface area contributed by atoms with Gasteiger partial charge in [-0.3, -0.25) is 4.79 Å². The van der Waals surface area contributed by atoms with Crippen LogP contribution < -0.4 is 5.32 Å². The first-order valence-electron chi connectivity index (χ1n) is 8.50. The van der Waals surface area contributed by atoms with Crippen molar-refractivity contribution in [3.63, 3.8) is 0 Å². The topological polar surface area (TPSA) is 68.0 Å². The number of nitrogens with zero attached hydrogens (tertiary/aromatic N) is 2. The molecule has 0 saturated heterocycles. The van der Waals surface area contributed by atoms with Crippen LogP contribution in [0.3, 0.4) is 0 Å². The maximum atomic E-state index is 12.1. The van der Waals surface area contributed by atoms with Crippen molar-refractivity contribution in [2.24, 2.45) is 0 Å². The first-order chi connectivity index (χ1) is 13.2. The van der Waals surface area contributed by atoms with Gasteiger partial charge in [-0.1, -0.05) is 65.9 Å². The molecule has 3 aromatic carbocycles. The monoisotopic (exact) mass is 375 g/mol. The summed E-state index contributed by atoms with van der Waals surface area (Å²) in [7, 11) is 0. The standard InChI is InChI=1S/C21H17N3O2S/c1-14-9-11-16(12-10-14)22-19(25)13-27-21-24-23-20(26-21)18-8-4-6-15-5-2-3-7-17(15)18/h2-12H,13H2,1H3,(H,22,25). The van der Waals surface area contributed by atoms with Crippen LogP contribution in [0.5, 0.6) is 0 Å². The maximum Gasteiger partial charge on any atom is 0.277 e. The second-order valence-corrected chi connectivity index (χ2v) is 7.03. The highest BCUT2D eigenvalue weighted by Crippen LogP contribution is 2.29. The van der Waals surface area contributed by atoms with Gasteiger partial charge in [0.05, 0.1) is 5.75 Å². The van der Waals surface area contributed by atoms with Gasteiger partial charge in [0.25, 0.3) is 5.22 Å². The third kappa shape index (κ3) is 4.01. The Morgan fingerprint density at radius 1 is 1.00 bits per heavy atom. The lowest BCUT2D eigenvalue weighted by Crippen LogP contribution is -2.13. The number of fused-ring (bicyclic) bond motifs is 1. The minimum atomic E-state index is -0.117. The van der Waals surface area contributed by atoms with Gasteiger partial charge < -0.3 is 9.73 Å². The summed E-state index contributed by atoms with van der Waals surface area (Å²) in [6, 6.07) is 21.7. The quantitative estimate of drug-likeness (QED) is 0.501. The average Bonchev–Trinajstić information content (AvgIpc) is 3.17. The van der Waals surface area contributed by atoms with E-state index in [4.69, 9.17) is 4.42 Å². The van der Waals surface area contributed by atoms with E-state index in [1.54, 1.807) is 0 Å². The zero-order valence-corrected chi connectivity index (χ0v) is 15.5. The van der Waals surface area contributed by atoms with E-state index in [1.165, 1.54) is 11.8 Å². The number of amides is 1. The summed E-state index contributed by atoms with van der Waals surface area (Å²) in [4.78, 5) is 12.1. The molecule has 0 fully saturated rings. The zero-order chi connectivity index (χ0) is 18.6. The average molecular weight is 375 g/mol. The molecule has 4 rings (SSSR count). The number of rotatable bonds is 5. The second-order valence-electron chi connectivity index (χ2n) is 6.10. The third-order valence-electron chi connectivity index (χ3n) is 4.09. The van der Waals surface area contributed by atoms with Crippen LogP contribution >= 0.6 is 11.8 Å². The van der Waals surface area contributed by atoms with E-state index in [9.17, 15) is 4.79 Å². The summed E-state index contributed by atoms with van der Waals surface area (Å²) in [5.74, 6) is 0.535. The molecule has 0 radical (unpaired) electrons. The Bertz CT molecular complexity index is 1080. The summed E-state index contributed by atoms with van der Waals surface area (Å²) in [5, 5.41) is 13.6. The Labute approximate surface area is 160 Å². The fourth-order valence-electron chi connectivity index (χ4n) is 2.75. The Kier molecular flexibility index (Phi) is 4.89. The fraction of sp³-hybridized carbons (Fsp3) is 0.0952. The molecule has 134 valence electrons. The number of benzene rings is 3. The van der Waals surface area contributed by atoms with Crippen LogP contribution in [0.15, 0.2) is 76.4 Å². The number of thioether (sulfide) groups is 1. The maximum absolute atomic E-state index is 12.1. The van der Waals surface area contributed by atoms with E-state index in [-0.39, 0.29) is 11.7 Å². The van der Waals surface area contributed by atoms with Crippen LogP contribution in [0.25, 0.3) is 22.2 Å². The van der Waals surface area contributed by atoms with Crippen molar-refractivity contribution < 1.29 is 9.21 Å². The van der Waals surface area contributed by atoms with Gasteiger partial charge in [0.2, 0.25) is 11.8 Å². The van der Waals surface area contributed by atoms with Crippen molar-refractivity contribution in [1.29, 1.82) is 0 Å². The van der Waals surface area contributed by atoms with E-state index < -0.39 is 0 Å². The molecule has 0 bridgehead atoms. The van der Waals surface area contributed by atoms with Gasteiger partial charge in [-0.15, -0.1) is 10.2 Å². The number of aryl methyl sites for hydroxylation is 1. The van der Waals surface area contributed by atoms with Crippen LogP contribution in [-0.2, 0) is 4.79 Å². The molecule has 0 aliphatic carbocycles. The molecule has 0 unspecified atom stereocenters. The summed E-state index contributed by atoms with van der Waals surface area (Å²) in [6.45, 7) is 2.00. The molecule has 6 heteroatoms. The zero-order valence-electron chi connectivity index (χ0n) is 14.7. The number of carbonyl (C=O) groups excluding carboxylic acids is 1. The van der Waals surface area contributed by atoms with Gasteiger partial charge in [-0.2, -0.15) is 0 Å². The van der Waals surface area contributed by atoms with E-state index in [2.05, 4.69) is 15.5 Å². The van der Waals surface area contributed by atoms with Gasteiger partial charge in [0.1, 0.15) is 0 Å². The Balaban J connectivity index is 1.43. The molecule has 0 atom stereocenters. The van der Waals surface area contributed by atoms with Gasteiger partial charge in [0, 0.05) is 11.3 Å². The lowest BCUT2D eigenvalue weighted by atomic mass is 10.0. The Hall–Kier alpha value is -3.12. The lowest BCUT2D eigenvalue weighted by molar-refractivity contribution is -0.113. The predicted molar refractivity (Wildman–Crippen MR) is 108 cm³/mol. The number of hydrogen-bond donors (Lipinski definition) is 1.